The SMILES string of the molecule is Cc1ccc(C(C)NC(=O)c2cccc(Cl)c2N)cc1. The lowest BCUT2D eigenvalue weighted by Crippen LogP contribution is -2.27. The van der Waals surface area contributed by atoms with Gasteiger partial charge in [0.15, 0.2) is 0 Å². The van der Waals surface area contributed by atoms with Crippen molar-refractivity contribution in [2.45, 2.75) is 19.9 Å². The second-order valence-corrected chi connectivity index (χ2v) is 5.21. The number of para-hydroxylation sites is 1. The number of rotatable bonds is 3. The monoisotopic (exact) mass is 288 g/mol. The third-order valence-electron chi connectivity index (χ3n) is 3.22. The summed E-state index contributed by atoms with van der Waals surface area (Å²) >= 11 is 5.92. The van der Waals surface area contributed by atoms with Gasteiger partial charge in [-0.25, -0.2) is 0 Å². The summed E-state index contributed by atoms with van der Waals surface area (Å²) in [5.41, 5.74) is 8.76. The Balaban J connectivity index is 2.15. The molecule has 0 aliphatic carbocycles. The second kappa shape index (κ2) is 5.97. The van der Waals surface area contributed by atoms with E-state index in [1.807, 2.05) is 38.1 Å². The minimum absolute atomic E-state index is 0.0959. The Morgan fingerprint density at radius 1 is 1.20 bits per heavy atom. The van der Waals surface area contributed by atoms with Gasteiger partial charge in [0.2, 0.25) is 0 Å². The van der Waals surface area contributed by atoms with Crippen molar-refractivity contribution in [1.82, 2.24) is 5.32 Å². The summed E-state index contributed by atoms with van der Waals surface area (Å²) in [7, 11) is 0. The Morgan fingerprint density at radius 3 is 2.50 bits per heavy atom. The number of hydrogen-bond acceptors (Lipinski definition) is 2. The minimum Gasteiger partial charge on any atom is -0.397 e. The number of hydrogen-bond donors (Lipinski definition) is 2. The van der Waals surface area contributed by atoms with Crippen LogP contribution in [0.15, 0.2) is 42.5 Å². The van der Waals surface area contributed by atoms with E-state index in [1.54, 1.807) is 18.2 Å². The molecule has 0 aliphatic heterocycles. The third-order valence-corrected chi connectivity index (χ3v) is 3.55. The number of amides is 1. The molecule has 0 saturated heterocycles. The number of nitrogen functional groups attached to an aromatic ring is 1. The van der Waals surface area contributed by atoms with Crippen molar-refractivity contribution in [1.29, 1.82) is 0 Å². The van der Waals surface area contributed by atoms with Crippen LogP contribution < -0.4 is 11.1 Å². The van der Waals surface area contributed by atoms with Gasteiger partial charge in [-0.1, -0.05) is 47.5 Å². The number of aryl methyl sites for hydroxylation is 1. The molecule has 0 spiro atoms. The van der Waals surface area contributed by atoms with Crippen LogP contribution in [0.3, 0.4) is 0 Å². The van der Waals surface area contributed by atoms with Crippen LogP contribution in [0, 0.1) is 6.92 Å². The predicted octanol–water partition coefficient (Wildman–Crippen LogP) is 3.72. The quantitative estimate of drug-likeness (QED) is 0.846. The average Bonchev–Trinajstić information content (AvgIpc) is 2.42. The molecule has 4 heteroatoms. The molecular weight excluding hydrogens is 272 g/mol. The first-order valence-corrected chi connectivity index (χ1v) is 6.78. The summed E-state index contributed by atoms with van der Waals surface area (Å²) in [6.07, 6.45) is 0. The van der Waals surface area contributed by atoms with E-state index >= 15 is 0 Å². The van der Waals surface area contributed by atoms with Crippen LogP contribution in [0.5, 0.6) is 0 Å². The molecule has 1 atom stereocenters. The summed E-state index contributed by atoms with van der Waals surface area (Å²) in [4.78, 5) is 12.2. The van der Waals surface area contributed by atoms with Crippen molar-refractivity contribution in [3.05, 3.63) is 64.2 Å². The Hall–Kier alpha value is -2.00. The molecule has 2 rings (SSSR count). The van der Waals surface area contributed by atoms with Crippen molar-refractivity contribution < 1.29 is 4.79 Å². The average molecular weight is 289 g/mol. The lowest BCUT2D eigenvalue weighted by atomic mass is 10.1. The van der Waals surface area contributed by atoms with Crippen LogP contribution in [-0.4, -0.2) is 5.91 Å². The predicted molar refractivity (Wildman–Crippen MR) is 82.9 cm³/mol. The van der Waals surface area contributed by atoms with Gasteiger partial charge in [0.25, 0.3) is 5.91 Å². The molecule has 2 aromatic carbocycles. The van der Waals surface area contributed by atoms with Gasteiger partial charge in [-0.3, -0.25) is 4.79 Å². The van der Waals surface area contributed by atoms with E-state index in [2.05, 4.69) is 5.32 Å². The second-order valence-electron chi connectivity index (χ2n) is 4.81. The number of halogens is 1. The zero-order valence-electron chi connectivity index (χ0n) is 11.5. The molecule has 104 valence electrons. The molecule has 0 aromatic heterocycles. The van der Waals surface area contributed by atoms with E-state index < -0.39 is 0 Å². The fourth-order valence-corrected chi connectivity index (χ4v) is 2.12. The highest BCUT2D eigenvalue weighted by molar-refractivity contribution is 6.33. The van der Waals surface area contributed by atoms with E-state index in [9.17, 15) is 4.79 Å². The fraction of sp³-hybridized carbons (Fsp3) is 0.188. The Bertz CT molecular complexity index is 623. The van der Waals surface area contributed by atoms with E-state index in [0.29, 0.717) is 16.3 Å². The molecule has 0 fully saturated rings. The number of nitrogens with one attached hydrogen (secondary N) is 1. The van der Waals surface area contributed by atoms with Crippen molar-refractivity contribution in [2.24, 2.45) is 0 Å². The Kier molecular flexibility index (Phi) is 4.30. The van der Waals surface area contributed by atoms with Gasteiger partial charge in [0.05, 0.1) is 22.3 Å². The van der Waals surface area contributed by atoms with Crippen molar-refractivity contribution >= 4 is 23.2 Å². The van der Waals surface area contributed by atoms with Crippen molar-refractivity contribution in [2.75, 3.05) is 5.73 Å². The summed E-state index contributed by atoms with van der Waals surface area (Å²) in [6.45, 7) is 3.96. The first kappa shape index (κ1) is 14.4. The molecule has 0 bridgehead atoms. The van der Waals surface area contributed by atoms with Gasteiger partial charge in [-0.05, 0) is 31.5 Å². The van der Waals surface area contributed by atoms with Gasteiger partial charge >= 0.3 is 0 Å². The molecular formula is C16H17ClN2O. The van der Waals surface area contributed by atoms with Crippen LogP contribution in [-0.2, 0) is 0 Å². The number of carbonyl (C=O) groups excluding carboxylic acids is 1. The maximum Gasteiger partial charge on any atom is 0.253 e. The van der Waals surface area contributed by atoms with Crippen LogP contribution >= 0.6 is 11.6 Å². The molecule has 3 nitrogen and oxygen atoms in total. The first-order chi connectivity index (χ1) is 9.49. The maximum absolute atomic E-state index is 12.2. The summed E-state index contributed by atoms with van der Waals surface area (Å²) < 4.78 is 0. The summed E-state index contributed by atoms with van der Waals surface area (Å²) in [5.74, 6) is -0.224. The highest BCUT2D eigenvalue weighted by Gasteiger charge is 2.14. The van der Waals surface area contributed by atoms with Gasteiger partial charge in [0, 0.05) is 0 Å². The van der Waals surface area contributed by atoms with Crippen LogP contribution in [0.4, 0.5) is 5.69 Å². The molecule has 2 aromatic rings. The number of anilines is 1. The van der Waals surface area contributed by atoms with E-state index in [1.165, 1.54) is 5.56 Å². The zero-order chi connectivity index (χ0) is 14.7. The fourth-order valence-electron chi connectivity index (χ4n) is 1.95. The normalized spacial score (nSPS) is 11.9. The number of benzene rings is 2. The molecule has 20 heavy (non-hydrogen) atoms. The van der Waals surface area contributed by atoms with Gasteiger partial charge in [0.1, 0.15) is 0 Å². The standard InChI is InChI=1S/C16H17ClN2O/c1-10-6-8-12(9-7-10)11(2)19-16(20)13-4-3-5-14(17)15(13)18/h3-9,11H,18H2,1-2H3,(H,19,20). The topological polar surface area (TPSA) is 55.1 Å². The summed E-state index contributed by atoms with van der Waals surface area (Å²) in [6, 6.07) is 13.0. The number of nitrogens with two attached hydrogens (primary N) is 1. The molecule has 1 unspecified atom stereocenters. The third kappa shape index (κ3) is 3.11. The van der Waals surface area contributed by atoms with Crippen LogP contribution in [0.25, 0.3) is 0 Å². The van der Waals surface area contributed by atoms with Gasteiger partial charge < -0.3 is 11.1 Å². The minimum atomic E-state index is -0.224. The number of carbonyl (C=O) groups is 1. The lowest BCUT2D eigenvalue weighted by molar-refractivity contribution is 0.0941. The molecule has 0 heterocycles. The molecule has 1 amide bonds. The van der Waals surface area contributed by atoms with Crippen LogP contribution in [0.1, 0.15) is 34.5 Å². The first-order valence-electron chi connectivity index (χ1n) is 6.40. The van der Waals surface area contributed by atoms with Gasteiger partial charge in [-0.15, -0.1) is 0 Å². The Morgan fingerprint density at radius 2 is 1.85 bits per heavy atom. The molecule has 3 N–H and O–H groups in total. The van der Waals surface area contributed by atoms with E-state index in [-0.39, 0.29) is 11.9 Å². The van der Waals surface area contributed by atoms with Crippen molar-refractivity contribution in [3.8, 4) is 0 Å². The highest BCUT2D eigenvalue weighted by Crippen LogP contribution is 2.23. The van der Waals surface area contributed by atoms with E-state index in [4.69, 9.17) is 17.3 Å². The summed E-state index contributed by atoms with van der Waals surface area (Å²) in [5, 5.41) is 3.31. The van der Waals surface area contributed by atoms with Crippen LogP contribution in [0.2, 0.25) is 5.02 Å². The van der Waals surface area contributed by atoms with E-state index in [0.717, 1.165) is 5.56 Å². The lowest BCUT2D eigenvalue weighted by Gasteiger charge is -2.15. The van der Waals surface area contributed by atoms with Crippen molar-refractivity contribution in [3.63, 3.8) is 0 Å². The maximum atomic E-state index is 12.2. The van der Waals surface area contributed by atoms with Gasteiger partial charge in [-0.2, -0.15) is 0 Å². The highest BCUT2D eigenvalue weighted by atomic mass is 35.5. The molecule has 0 aliphatic rings. The largest absolute Gasteiger partial charge is 0.397 e. The Labute approximate surface area is 123 Å². The molecule has 0 radical (unpaired) electrons. The zero-order valence-corrected chi connectivity index (χ0v) is 12.2. The molecule has 0 saturated carbocycles. The smallest absolute Gasteiger partial charge is 0.253 e.